The molecular weight excluding hydrogens is 136 g/mol. The van der Waals surface area contributed by atoms with Gasteiger partial charge in [-0.05, 0) is 31.8 Å². The molecule has 0 saturated carbocycles. The van der Waals surface area contributed by atoms with Gasteiger partial charge in [-0.2, -0.15) is 0 Å². The Balaban J connectivity index is 2.37. The lowest BCUT2D eigenvalue weighted by Crippen LogP contribution is -2.22. The maximum atomic E-state index is 5.69. The molecular formula is C9H20N2. The minimum Gasteiger partial charge on any atom is -0.330 e. The quantitative estimate of drug-likeness (QED) is 0.658. The Kier molecular flexibility index (Phi) is 3.34. The van der Waals surface area contributed by atoms with Crippen molar-refractivity contribution in [2.24, 2.45) is 17.6 Å². The fourth-order valence-corrected chi connectivity index (χ4v) is 2.14. The number of nitrogens with zero attached hydrogens (tertiary/aromatic N) is 1. The van der Waals surface area contributed by atoms with Crippen molar-refractivity contribution in [3.05, 3.63) is 0 Å². The number of hydrogen-bond donors (Lipinski definition) is 1. The molecule has 0 aromatic heterocycles. The molecule has 2 heteroatoms. The molecule has 2 nitrogen and oxygen atoms in total. The first kappa shape index (κ1) is 9.01. The lowest BCUT2D eigenvalue weighted by atomic mass is 9.92. The van der Waals surface area contributed by atoms with Crippen molar-refractivity contribution < 1.29 is 0 Å². The Bertz CT molecular complexity index is 114. The smallest absolute Gasteiger partial charge is 0.00219 e. The van der Waals surface area contributed by atoms with Gasteiger partial charge in [0, 0.05) is 13.1 Å². The minimum absolute atomic E-state index is 0.764. The molecule has 0 aromatic carbocycles. The van der Waals surface area contributed by atoms with Crippen LogP contribution in [0.1, 0.15) is 19.8 Å². The van der Waals surface area contributed by atoms with Crippen molar-refractivity contribution in [2.45, 2.75) is 19.8 Å². The van der Waals surface area contributed by atoms with Crippen molar-refractivity contribution in [1.29, 1.82) is 0 Å². The summed E-state index contributed by atoms with van der Waals surface area (Å²) >= 11 is 0. The zero-order valence-corrected chi connectivity index (χ0v) is 7.71. The van der Waals surface area contributed by atoms with Crippen LogP contribution in [0.2, 0.25) is 0 Å². The van der Waals surface area contributed by atoms with Gasteiger partial charge in [-0.1, -0.05) is 13.3 Å². The first-order valence-corrected chi connectivity index (χ1v) is 4.66. The highest BCUT2D eigenvalue weighted by molar-refractivity contribution is 4.82. The fraction of sp³-hybridized carbons (Fsp3) is 1.00. The summed E-state index contributed by atoms with van der Waals surface area (Å²) in [6.07, 6.45) is 2.65. The van der Waals surface area contributed by atoms with E-state index in [9.17, 15) is 0 Å². The van der Waals surface area contributed by atoms with Crippen molar-refractivity contribution in [1.82, 2.24) is 4.90 Å². The molecule has 1 aliphatic rings. The highest BCUT2D eigenvalue weighted by atomic mass is 15.1. The summed E-state index contributed by atoms with van der Waals surface area (Å²) in [5.41, 5.74) is 5.69. The van der Waals surface area contributed by atoms with Crippen LogP contribution in [-0.4, -0.2) is 31.6 Å². The number of likely N-dealkylation sites (tertiary alicyclic amines) is 1. The standard InChI is InChI=1S/C9H20N2/c1-3-4-8-6-11(2)7-9(8)5-10/h8-9H,3-7,10H2,1-2H3. The largest absolute Gasteiger partial charge is 0.330 e. The maximum absolute atomic E-state index is 5.69. The topological polar surface area (TPSA) is 29.3 Å². The fourth-order valence-electron chi connectivity index (χ4n) is 2.14. The van der Waals surface area contributed by atoms with Gasteiger partial charge in [0.25, 0.3) is 0 Å². The normalized spacial score (nSPS) is 33.0. The van der Waals surface area contributed by atoms with Gasteiger partial charge in [-0.15, -0.1) is 0 Å². The second-order valence-electron chi connectivity index (χ2n) is 3.77. The first-order valence-electron chi connectivity index (χ1n) is 4.66. The molecule has 2 atom stereocenters. The average Bonchev–Trinajstić information content (AvgIpc) is 2.32. The van der Waals surface area contributed by atoms with Crippen LogP contribution in [0.5, 0.6) is 0 Å². The van der Waals surface area contributed by atoms with Crippen LogP contribution in [0.3, 0.4) is 0 Å². The third-order valence-electron chi connectivity index (χ3n) is 2.72. The summed E-state index contributed by atoms with van der Waals surface area (Å²) in [7, 11) is 2.19. The Morgan fingerprint density at radius 2 is 2.00 bits per heavy atom. The van der Waals surface area contributed by atoms with Gasteiger partial charge in [-0.3, -0.25) is 0 Å². The van der Waals surface area contributed by atoms with Crippen LogP contribution in [0.25, 0.3) is 0 Å². The summed E-state index contributed by atoms with van der Waals surface area (Å²) in [5, 5.41) is 0. The van der Waals surface area contributed by atoms with Crippen LogP contribution in [-0.2, 0) is 0 Å². The van der Waals surface area contributed by atoms with Crippen molar-refractivity contribution in [3.63, 3.8) is 0 Å². The second kappa shape index (κ2) is 4.07. The zero-order valence-electron chi connectivity index (χ0n) is 7.71. The van der Waals surface area contributed by atoms with E-state index in [2.05, 4.69) is 18.9 Å². The summed E-state index contributed by atoms with van der Waals surface area (Å²) in [6, 6.07) is 0. The summed E-state index contributed by atoms with van der Waals surface area (Å²) in [4.78, 5) is 2.40. The predicted octanol–water partition coefficient (Wildman–Crippen LogP) is 0.923. The molecule has 1 saturated heterocycles. The molecule has 1 rings (SSSR count). The lowest BCUT2D eigenvalue weighted by Gasteiger charge is -2.14. The molecule has 1 aliphatic heterocycles. The Morgan fingerprint density at radius 1 is 1.36 bits per heavy atom. The maximum Gasteiger partial charge on any atom is 0.00219 e. The lowest BCUT2D eigenvalue weighted by molar-refractivity contribution is 0.385. The van der Waals surface area contributed by atoms with Gasteiger partial charge < -0.3 is 10.6 Å². The molecule has 0 bridgehead atoms. The van der Waals surface area contributed by atoms with Gasteiger partial charge in [0.2, 0.25) is 0 Å². The third kappa shape index (κ3) is 2.17. The van der Waals surface area contributed by atoms with Crippen molar-refractivity contribution in [2.75, 3.05) is 26.7 Å². The van der Waals surface area contributed by atoms with Crippen molar-refractivity contribution >= 4 is 0 Å². The molecule has 1 heterocycles. The summed E-state index contributed by atoms with van der Waals surface area (Å²) in [6.45, 7) is 5.60. The summed E-state index contributed by atoms with van der Waals surface area (Å²) < 4.78 is 0. The molecule has 2 unspecified atom stereocenters. The molecule has 2 N–H and O–H groups in total. The van der Waals surface area contributed by atoms with Gasteiger partial charge in [-0.25, -0.2) is 0 Å². The van der Waals surface area contributed by atoms with Gasteiger partial charge in [0.1, 0.15) is 0 Å². The highest BCUT2D eigenvalue weighted by Crippen LogP contribution is 2.24. The number of rotatable bonds is 3. The molecule has 0 amide bonds. The minimum atomic E-state index is 0.764. The first-order chi connectivity index (χ1) is 5.27. The number of hydrogen-bond acceptors (Lipinski definition) is 2. The second-order valence-corrected chi connectivity index (χ2v) is 3.77. The molecule has 0 spiro atoms. The third-order valence-corrected chi connectivity index (χ3v) is 2.72. The van der Waals surface area contributed by atoms with E-state index in [4.69, 9.17) is 5.73 Å². The predicted molar refractivity (Wildman–Crippen MR) is 48.4 cm³/mol. The van der Waals surface area contributed by atoms with Crippen molar-refractivity contribution in [3.8, 4) is 0 Å². The SMILES string of the molecule is CCCC1CN(C)CC1CN. The molecule has 0 aliphatic carbocycles. The van der Waals surface area contributed by atoms with E-state index < -0.39 is 0 Å². The van der Waals surface area contributed by atoms with Crippen LogP contribution in [0, 0.1) is 11.8 Å². The van der Waals surface area contributed by atoms with Gasteiger partial charge in [0.15, 0.2) is 0 Å². The van der Waals surface area contributed by atoms with E-state index >= 15 is 0 Å². The van der Waals surface area contributed by atoms with E-state index in [0.717, 1.165) is 18.4 Å². The van der Waals surface area contributed by atoms with Gasteiger partial charge >= 0.3 is 0 Å². The van der Waals surface area contributed by atoms with E-state index in [1.165, 1.54) is 25.9 Å². The van der Waals surface area contributed by atoms with Crippen LogP contribution in [0.4, 0.5) is 0 Å². The monoisotopic (exact) mass is 156 g/mol. The Hall–Kier alpha value is -0.0800. The van der Waals surface area contributed by atoms with Gasteiger partial charge in [0.05, 0.1) is 0 Å². The van der Waals surface area contributed by atoms with E-state index in [-0.39, 0.29) is 0 Å². The van der Waals surface area contributed by atoms with E-state index in [0.29, 0.717) is 0 Å². The summed E-state index contributed by atoms with van der Waals surface area (Å²) in [5.74, 6) is 1.63. The molecule has 11 heavy (non-hydrogen) atoms. The van der Waals surface area contributed by atoms with E-state index in [1.54, 1.807) is 0 Å². The number of nitrogens with two attached hydrogens (primary N) is 1. The Morgan fingerprint density at radius 3 is 2.55 bits per heavy atom. The molecule has 0 aromatic rings. The van der Waals surface area contributed by atoms with Crippen LogP contribution >= 0.6 is 0 Å². The zero-order chi connectivity index (χ0) is 8.27. The average molecular weight is 156 g/mol. The van der Waals surface area contributed by atoms with Crippen LogP contribution in [0.15, 0.2) is 0 Å². The highest BCUT2D eigenvalue weighted by Gasteiger charge is 2.28. The molecule has 1 fully saturated rings. The van der Waals surface area contributed by atoms with E-state index in [1.807, 2.05) is 0 Å². The Labute approximate surface area is 69.8 Å². The van der Waals surface area contributed by atoms with Crippen LogP contribution < -0.4 is 5.73 Å². The molecule has 66 valence electrons. The molecule has 0 radical (unpaired) electrons.